The van der Waals surface area contributed by atoms with Crippen LogP contribution in [0.15, 0.2) is 0 Å². The second kappa shape index (κ2) is 5.36. The van der Waals surface area contributed by atoms with E-state index in [1.807, 2.05) is 0 Å². The van der Waals surface area contributed by atoms with Gasteiger partial charge in [0.2, 0.25) is 0 Å². The smallest absolute Gasteiger partial charge is 0.307 e. The third-order valence-electron chi connectivity index (χ3n) is 3.15. The number of rotatable bonds is 7. The molecule has 1 atom stereocenters. The number of carbonyl (C=O) groups excluding carboxylic acids is 1. The molecule has 0 bridgehead atoms. The Balaban J connectivity index is 2.06. The third-order valence-corrected chi connectivity index (χ3v) is 3.15. The molecule has 1 aliphatic heterocycles. The molecule has 2 radical (unpaired) electrons. The van der Waals surface area contributed by atoms with E-state index in [9.17, 15) is 4.79 Å². The van der Waals surface area contributed by atoms with Gasteiger partial charge < -0.3 is 9.84 Å². The predicted molar refractivity (Wildman–Crippen MR) is 66.1 cm³/mol. The van der Waals surface area contributed by atoms with E-state index in [0.29, 0.717) is 12.8 Å². The fourth-order valence-corrected chi connectivity index (χ4v) is 1.57. The van der Waals surface area contributed by atoms with E-state index in [2.05, 4.69) is 32.6 Å². The first kappa shape index (κ1) is 14.5. The molecule has 4 heteroatoms. The number of esters is 1. The van der Waals surface area contributed by atoms with E-state index < -0.39 is 5.41 Å². The Bertz CT molecular complexity index is 274. The minimum Gasteiger partial charge on any atom is -0.466 e. The monoisotopic (exact) mass is 241 g/mol. The van der Waals surface area contributed by atoms with Gasteiger partial charge in [-0.2, -0.15) is 0 Å². The summed E-state index contributed by atoms with van der Waals surface area (Å²) >= 11 is 0. The number of hydrogen-bond acceptors (Lipinski definition) is 4. The minimum atomic E-state index is -0.664. The number of carbonyl (C=O) groups is 1. The fourth-order valence-electron chi connectivity index (χ4n) is 1.57. The van der Waals surface area contributed by atoms with E-state index in [-0.39, 0.29) is 24.7 Å². The lowest BCUT2D eigenvalue weighted by Crippen LogP contribution is -2.22. The molecule has 0 saturated carbocycles. The second-order valence-electron chi connectivity index (χ2n) is 5.61. The highest BCUT2D eigenvalue weighted by Crippen LogP contribution is 2.30. The van der Waals surface area contributed by atoms with Crippen molar-refractivity contribution in [2.75, 3.05) is 26.3 Å². The Hall–Kier alpha value is -0.610. The van der Waals surface area contributed by atoms with Crippen LogP contribution in [-0.4, -0.2) is 47.8 Å². The molecule has 1 N–H and O–H groups in total. The molecule has 1 fully saturated rings. The van der Waals surface area contributed by atoms with Gasteiger partial charge in [0.1, 0.15) is 0 Å². The molecule has 0 aromatic carbocycles. The van der Waals surface area contributed by atoms with Crippen LogP contribution in [0.4, 0.5) is 0 Å². The van der Waals surface area contributed by atoms with Crippen molar-refractivity contribution in [3.63, 3.8) is 0 Å². The van der Waals surface area contributed by atoms with Crippen LogP contribution in [0.3, 0.4) is 0 Å². The maximum Gasteiger partial charge on any atom is 0.307 e. The predicted octanol–water partition coefficient (Wildman–Crippen LogP) is 1.05. The zero-order chi connectivity index (χ0) is 13.1. The first-order chi connectivity index (χ1) is 7.77. The molecule has 1 saturated heterocycles. The van der Waals surface area contributed by atoms with Gasteiger partial charge in [0.15, 0.2) is 0 Å². The van der Waals surface area contributed by atoms with Crippen molar-refractivity contribution in [3.8, 4) is 0 Å². The van der Waals surface area contributed by atoms with Crippen LogP contribution in [0.25, 0.3) is 0 Å². The Morgan fingerprint density at radius 1 is 1.53 bits per heavy atom. The molecule has 4 nitrogen and oxygen atoms in total. The van der Waals surface area contributed by atoms with Gasteiger partial charge in [0, 0.05) is 25.2 Å². The van der Waals surface area contributed by atoms with Gasteiger partial charge in [-0.05, 0) is 39.5 Å². The zero-order valence-electron chi connectivity index (χ0n) is 10.9. The average Bonchev–Trinajstić information content (AvgIpc) is 2.83. The largest absolute Gasteiger partial charge is 0.466 e. The number of aliphatic hydroxyl groups is 1. The summed E-state index contributed by atoms with van der Waals surface area (Å²) in [6.07, 6.45) is 0.897. The summed E-state index contributed by atoms with van der Waals surface area (Å²) < 4.78 is 5.07. The average molecular weight is 241 g/mol. The van der Waals surface area contributed by atoms with Gasteiger partial charge in [0.25, 0.3) is 0 Å². The van der Waals surface area contributed by atoms with Crippen molar-refractivity contribution in [1.29, 1.82) is 0 Å². The van der Waals surface area contributed by atoms with Crippen molar-refractivity contribution >= 4 is 5.97 Å². The first-order valence-electron chi connectivity index (χ1n) is 5.99. The van der Waals surface area contributed by atoms with Crippen LogP contribution in [0.1, 0.15) is 26.7 Å². The minimum absolute atomic E-state index is 0.105. The van der Waals surface area contributed by atoms with E-state index in [4.69, 9.17) is 9.84 Å². The van der Waals surface area contributed by atoms with Crippen LogP contribution in [0.2, 0.25) is 0 Å². The van der Waals surface area contributed by atoms with E-state index in [0.717, 1.165) is 13.1 Å². The summed E-state index contributed by atoms with van der Waals surface area (Å²) in [4.78, 5) is 13.6. The molecule has 0 amide bonds. The Kier molecular flexibility index (Phi) is 4.55. The van der Waals surface area contributed by atoms with Crippen LogP contribution >= 0.6 is 0 Å². The maximum atomic E-state index is 11.4. The molecule has 1 heterocycles. The van der Waals surface area contributed by atoms with E-state index in [1.54, 1.807) is 0 Å². The van der Waals surface area contributed by atoms with Crippen molar-refractivity contribution < 1.29 is 14.6 Å². The molecule has 1 unspecified atom stereocenters. The highest BCUT2D eigenvalue weighted by atomic mass is 16.5. The van der Waals surface area contributed by atoms with Gasteiger partial charge in [-0.15, -0.1) is 0 Å². The Morgan fingerprint density at radius 2 is 2.12 bits per heavy atom. The molecule has 0 aromatic rings. The van der Waals surface area contributed by atoms with Crippen LogP contribution < -0.4 is 0 Å². The van der Waals surface area contributed by atoms with Crippen LogP contribution in [-0.2, 0) is 9.53 Å². The van der Waals surface area contributed by atoms with Crippen molar-refractivity contribution in [1.82, 2.24) is 4.90 Å². The molecule has 1 aliphatic rings. The van der Waals surface area contributed by atoms with Gasteiger partial charge in [-0.3, -0.25) is 9.69 Å². The number of ether oxygens (including phenoxy) is 1. The SMILES string of the molecule is [CH2]C([CH2])(CO)CCOC(=O)CCN1CC1(C)C. The van der Waals surface area contributed by atoms with Crippen molar-refractivity contribution in [2.24, 2.45) is 5.41 Å². The zero-order valence-corrected chi connectivity index (χ0v) is 10.9. The van der Waals surface area contributed by atoms with Crippen molar-refractivity contribution in [3.05, 3.63) is 13.8 Å². The van der Waals surface area contributed by atoms with Crippen molar-refractivity contribution in [2.45, 2.75) is 32.2 Å². The van der Waals surface area contributed by atoms with Crippen LogP contribution in [0.5, 0.6) is 0 Å². The lowest BCUT2D eigenvalue weighted by molar-refractivity contribution is -0.144. The summed E-state index contributed by atoms with van der Waals surface area (Å²) in [6.45, 7) is 13.7. The summed E-state index contributed by atoms with van der Waals surface area (Å²) in [5, 5.41) is 8.93. The van der Waals surface area contributed by atoms with Gasteiger partial charge in [-0.1, -0.05) is 0 Å². The Labute approximate surface area is 104 Å². The standard InChI is InChI=1S/C13H23NO3/c1-12(2,10-15)6-8-17-11(16)5-7-14-9-13(14,3)4/h15H,1-2,5-10H2,3-4H3. The molecule has 17 heavy (non-hydrogen) atoms. The number of aliphatic hydroxyl groups excluding tert-OH is 1. The van der Waals surface area contributed by atoms with Gasteiger partial charge in [0.05, 0.1) is 13.0 Å². The van der Waals surface area contributed by atoms with E-state index >= 15 is 0 Å². The number of nitrogens with zero attached hydrogens (tertiary/aromatic N) is 1. The third kappa shape index (κ3) is 5.04. The molecular weight excluding hydrogens is 218 g/mol. The molecule has 1 rings (SSSR count). The summed E-state index contributed by atoms with van der Waals surface area (Å²) in [5.41, 5.74) is -0.407. The number of hydrogen-bond donors (Lipinski definition) is 1. The lowest BCUT2D eigenvalue weighted by Gasteiger charge is -2.20. The summed E-state index contributed by atoms with van der Waals surface area (Å²) in [5.74, 6) is -0.193. The summed E-state index contributed by atoms with van der Waals surface area (Å²) in [6, 6.07) is 0. The normalized spacial score (nSPS) is 22.3. The second-order valence-corrected chi connectivity index (χ2v) is 5.61. The Morgan fingerprint density at radius 3 is 2.59 bits per heavy atom. The fraction of sp³-hybridized carbons (Fsp3) is 0.769. The first-order valence-corrected chi connectivity index (χ1v) is 5.99. The molecule has 0 aromatic heterocycles. The van der Waals surface area contributed by atoms with Crippen LogP contribution in [0, 0.1) is 19.3 Å². The highest BCUT2D eigenvalue weighted by Gasteiger charge is 2.42. The van der Waals surface area contributed by atoms with Gasteiger partial charge >= 0.3 is 5.97 Å². The molecule has 0 spiro atoms. The lowest BCUT2D eigenvalue weighted by atomic mass is 9.91. The molecule has 0 aliphatic carbocycles. The van der Waals surface area contributed by atoms with E-state index in [1.165, 1.54) is 0 Å². The summed E-state index contributed by atoms with van der Waals surface area (Å²) in [7, 11) is 0. The van der Waals surface area contributed by atoms with Gasteiger partial charge in [-0.25, -0.2) is 0 Å². The topological polar surface area (TPSA) is 49.5 Å². The maximum absolute atomic E-state index is 11.4. The molecular formula is C13H23NO3. The quantitative estimate of drug-likeness (QED) is 0.535. The highest BCUT2D eigenvalue weighted by molar-refractivity contribution is 5.69. The molecule has 98 valence electrons.